The van der Waals surface area contributed by atoms with Crippen LogP contribution < -0.4 is 0 Å². The van der Waals surface area contributed by atoms with Crippen LogP contribution in [0.1, 0.15) is 31.2 Å². The molecule has 0 aliphatic rings. The van der Waals surface area contributed by atoms with Gasteiger partial charge in [0.15, 0.2) is 11.0 Å². The minimum absolute atomic E-state index is 0.330. The summed E-state index contributed by atoms with van der Waals surface area (Å²) in [6.45, 7) is 4.35. The molecule has 0 N–H and O–H groups in total. The first-order valence-electron chi connectivity index (χ1n) is 10.8. The van der Waals surface area contributed by atoms with Gasteiger partial charge in [0.05, 0.1) is 11.4 Å². The van der Waals surface area contributed by atoms with Crippen LogP contribution in [-0.2, 0) is 5.75 Å². The smallest absolute Gasteiger partial charge is 0.247 e. The van der Waals surface area contributed by atoms with Crippen LogP contribution in [0.3, 0.4) is 0 Å². The van der Waals surface area contributed by atoms with Crippen molar-refractivity contribution in [1.82, 2.24) is 29.9 Å². The van der Waals surface area contributed by atoms with E-state index in [2.05, 4.69) is 62.0 Å². The van der Waals surface area contributed by atoms with Gasteiger partial charge in [-0.05, 0) is 53.9 Å². The SMILES string of the molecule is CC(C)c1ccccc1-n1c(SCc2nnc(-c3ccc(Cl)cc3)o2)nnc1-c1cccnc1. The van der Waals surface area contributed by atoms with Crippen LogP contribution in [0, 0.1) is 0 Å². The van der Waals surface area contributed by atoms with Gasteiger partial charge in [-0.2, -0.15) is 0 Å². The third-order valence-electron chi connectivity index (χ3n) is 5.24. The van der Waals surface area contributed by atoms with Crippen molar-refractivity contribution in [3.05, 3.63) is 89.5 Å². The summed E-state index contributed by atoms with van der Waals surface area (Å²) in [5.41, 5.74) is 3.96. The summed E-state index contributed by atoms with van der Waals surface area (Å²) in [7, 11) is 0. The highest BCUT2D eigenvalue weighted by atomic mass is 35.5. The van der Waals surface area contributed by atoms with Crippen LogP contribution in [0.5, 0.6) is 0 Å². The Balaban J connectivity index is 1.48. The molecule has 0 bridgehead atoms. The number of thioether (sulfide) groups is 1. The van der Waals surface area contributed by atoms with Crippen LogP contribution in [0.2, 0.25) is 5.02 Å². The maximum Gasteiger partial charge on any atom is 0.247 e. The first-order valence-corrected chi connectivity index (χ1v) is 12.1. The molecule has 170 valence electrons. The highest BCUT2D eigenvalue weighted by molar-refractivity contribution is 7.98. The molecule has 34 heavy (non-hydrogen) atoms. The Morgan fingerprint density at radius 3 is 2.50 bits per heavy atom. The van der Waals surface area contributed by atoms with Crippen LogP contribution in [-0.4, -0.2) is 29.9 Å². The Morgan fingerprint density at radius 1 is 0.912 bits per heavy atom. The van der Waals surface area contributed by atoms with Crippen molar-refractivity contribution in [2.75, 3.05) is 0 Å². The molecule has 3 aromatic heterocycles. The third-order valence-corrected chi connectivity index (χ3v) is 6.40. The molecule has 0 atom stereocenters. The lowest BCUT2D eigenvalue weighted by molar-refractivity contribution is 0.528. The normalized spacial score (nSPS) is 11.3. The van der Waals surface area contributed by atoms with E-state index >= 15 is 0 Å². The minimum atomic E-state index is 0.330. The zero-order chi connectivity index (χ0) is 23.5. The molecule has 7 nitrogen and oxygen atoms in total. The Hall–Kier alpha value is -3.49. The van der Waals surface area contributed by atoms with Crippen molar-refractivity contribution in [2.24, 2.45) is 0 Å². The fourth-order valence-electron chi connectivity index (χ4n) is 3.59. The van der Waals surface area contributed by atoms with E-state index in [-0.39, 0.29) is 0 Å². The zero-order valence-corrected chi connectivity index (χ0v) is 20.2. The molecule has 9 heteroatoms. The van der Waals surface area contributed by atoms with Crippen molar-refractivity contribution >= 4 is 23.4 Å². The zero-order valence-electron chi connectivity index (χ0n) is 18.6. The Morgan fingerprint density at radius 2 is 1.74 bits per heavy atom. The first-order chi connectivity index (χ1) is 16.6. The van der Waals surface area contributed by atoms with E-state index in [1.807, 2.05) is 30.3 Å². The number of nitrogens with zero attached hydrogens (tertiary/aromatic N) is 6. The molecule has 0 saturated heterocycles. The predicted molar refractivity (Wildman–Crippen MR) is 133 cm³/mol. The van der Waals surface area contributed by atoms with E-state index in [0.717, 1.165) is 27.8 Å². The number of para-hydroxylation sites is 1. The minimum Gasteiger partial charge on any atom is -0.420 e. The second-order valence-corrected chi connectivity index (χ2v) is 9.27. The number of pyridine rings is 1. The maximum absolute atomic E-state index is 5.97. The van der Waals surface area contributed by atoms with Gasteiger partial charge in [-0.3, -0.25) is 9.55 Å². The van der Waals surface area contributed by atoms with Crippen LogP contribution in [0.15, 0.2) is 82.6 Å². The van der Waals surface area contributed by atoms with Crippen LogP contribution in [0.25, 0.3) is 28.5 Å². The standard InChI is InChI=1S/C25H21ClN6OS/c1-16(2)20-7-3-4-8-21(20)32-23(18-6-5-13-27-14-18)29-31-25(32)34-15-22-28-30-24(33-22)17-9-11-19(26)12-10-17/h3-14,16H,15H2,1-2H3. The number of rotatable bonds is 7. The molecule has 0 saturated carbocycles. The van der Waals surface area contributed by atoms with E-state index in [1.54, 1.807) is 24.5 Å². The van der Waals surface area contributed by atoms with Crippen LogP contribution in [0.4, 0.5) is 0 Å². The highest BCUT2D eigenvalue weighted by Gasteiger charge is 2.20. The lowest BCUT2D eigenvalue weighted by Crippen LogP contribution is -2.05. The molecule has 5 aromatic rings. The Kier molecular flexibility index (Phi) is 6.42. The summed E-state index contributed by atoms with van der Waals surface area (Å²) in [6.07, 6.45) is 3.54. The number of benzene rings is 2. The monoisotopic (exact) mass is 488 g/mol. The maximum atomic E-state index is 5.97. The van der Waals surface area contributed by atoms with E-state index in [9.17, 15) is 0 Å². The molecular formula is C25H21ClN6OS. The number of hydrogen-bond donors (Lipinski definition) is 0. The number of halogens is 1. The first kappa shape index (κ1) is 22.3. The van der Waals surface area contributed by atoms with Crippen molar-refractivity contribution in [3.8, 4) is 28.5 Å². The summed E-state index contributed by atoms with van der Waals surface area (Å²) in [6, 6.07) is 19.5. The topological polar surface area (TPSA) is 82.5 Å². The molecule has 0 amide bonds. The van der Waals surface area contributed by atoms with Gasteiger partial charge in [0.1, 0.15) is 0 Å². The van der Waals surface area contributed by atoms with E-state index in [0.29, 0.717) is 28.5 Å². The molecule has 0 radical (unpaired) electrons. The summed E-state index contributed by atoms with van der Waals surface area (Å²) in [4.78, 5) is 4.26. The van der Waals surface area contributed by atoms with Crippen molar-refractivity contribution < 1.29 is 4.42 Å². The molecule has 0 aliphatic heterocycles. The molecule has 0 aliphatic carbocycles. The summed E-state index contributed by atoms with van der Waals surface area (Å²) >= 11 is 7.47. The second kappa shape index (κ2) is 9.79. The molecule has 0 fully saturated rings. The van der Waals surface area contributed by atoms with E-state index in [4.69, 9.17) is 16.0 Å². The van der Waals surface area contributed by atoms with Gasteiger partial charge in [-0.1, -0.05) is 55.4 Å². The van der Waals surface area contributed by atoms with Gasteiger partial charge < -0.3 is 4.42 Å². The fourth-order valence-corrected chi connectivity index (χ4v) is 4.50. The van der Waals surface area contributed by atoms with Crippen LogP contribution >= 0.6 is 23.4 Å². The molecule has 2 aromatic carbocycles. The number of hydrogen-bond acceptors (Lipinski definition) is 7. The molecule has 0 spiro atoms. The third kappa shape index (κ3) is 4.60. The molecular weight excluding hydrogens is 468 g/mol. The van der Waals surface area contributed by atoms with E-state index in [1.165, 1.54) is 17.3 Å². The van der Waals surface area contributed by atoms with Gasteiger partial charge in [-0.15, -0.1) is 20.4 Å². The van der Waals surface area contributed by atoms with Gasteiger partial charge in [-0.25, -0.2) is 0 Å². The Bertz CT molecular complexity index is 1400. The fraction of sp³-hybridized carbons (Fsp3) is 0.160. The summed E-state index contributed by atoms with van der Waals surface area (Å²) in [5.74, 6) is 2.47. The van der Waals surface area contributed by atoms with E-state index < -0.39 is 0 Å². The second-order valence-electron chi connectivity index (χ2n) is 7.89. The number of aromatic nitrogens is 6. The van der Waals surface area contributed by atoms with Gasteiger partial charge in [0.2, 0.25) is 11.8 Å². The quantitative estimate of drug-likeness (QED) is 0.243. The largest absolute Gasteiger partial charge is 0.420 e. The van der Waals surface area contributed by atoms with Crippen molar-refractivity contribution in [2.45, 2.75) is 30.7 Å². The van der Waals surface area contributed by atoms with Crippen molar-refractivity contribution in [1.29, 1.82) is 0 Å². The summed E-state index contributed by atoms with van der Waals surface area (Å²) < 4.78 is 7.95. The average molecular weight is 489 g/mol. The summed E-state index contributed by atoms with van der Waals surface area (Å²) in [5, 5.41) is 18.8. The Labute approximate surface area is 206 Å². The van der Waals surface area contributed by atoms with Gasteiger partial charge >= 0.3 is 0 Å². The molecule has 5 rings (SSSR count). The van der Waals surface area contributed by atoms with Gasteiger partial charge in [0.25, 0.3) is 0 Å². The average Bonchev–Trinajstić information content (AvgIpc) is 3.51. The van der Waals surface area contributed by atoms with Gasteiger partial charge in [0, 0.05) is 28.5 Å². The lowest BCUT2D eigenvalue weighted by Gasteiger charge is -2.16. The lowest BCUT2D eigenvalue weighted by atomic mass is 10.0. The predicted octanol–water partition coefficient (Wildman–Crippen LogP) is 6.45. The highest BCUT2D eigenvalue weighted by Crippen LogP contribution is 2.33. The molecule has 0 unspecified atom stereocenters. The van der Waals surface area contributed by atoms with Crippen molar-refractivity contribution in [3.63, 3.8) is 0 Å². The molecule has 3 heterocycles.